The first-order chi connectivity index (χ1) is 6.68. The van der Waals surface area contributed by atoms with E-state index in [9.17, 15) is 4.79 Å². The summed E-state index contributed by atoms with van der Waals surface area (Å²) in [6.45, 7) is 0.628. The van der Waals surface area contributed by atoms with Gasteiger partial charge in [0.1, 0.15) is 11.8 Å². The summed E-state index contributed by atoms with van der Waals surface area (Å²) in [5.74, 6) is -0.345. The highest BCUT2D eigenvalue weighted by molar-refractivity contribution is 5.74. The van der Waals surface area contributed by atoms with E-state index in [1.807, 2.05) is 0 Å². The van der Waals surface area contributed by atoms with E-state index >= 15 is 0 Å². The fraction of sp³-hybridized carbons (Fsp3) is 0.333. The van der Waals surface area contributed by atoms with Crippen LogP contribution >= 0.6 is 0 Å². The third-order valence-electron chi connectivity index (χ3n) is 2.18. The minimum Gasteiger partial charge on any atom is -0.491 e. The van der Waals surface area contributed by atoms with E-state index in [4.69, 9.17) is 15.6 Å². The summed E-state index contributed by atoms with van der Waals surface area (Å²) in [5, 5.41) is 8.69. The molecule has 2 rings (SSSR count). The number of nitrogens with zero attached hydrogens (tertiary/aromatic N) is 1. The van der Waals surface area contributed by atoms with Gasteiger partial charge in [0.2, 0.25) is 0 Å². The first-order valence-corrected chi connectivity index (χ1v) is 4.28. The summed E-state index contributed by atoms with van der Waals surface area (Å²) in [7, 11) is 0. The highest BCUT2D eigenvalue weighted by Gasteiger charge is 2.19. The van der Waals surface area contributed by atoms with Gasteiger partial charge in [0, 0.05) is 12.0 Å². The molecule has 1 atom stereocenters. The molecule has 0 amide bonds. The molecule has 0 aliphatic carbocycles. The van der Waals surface area contributed by atoms with Gasteiger partial charge >= 0.3 is 5.97 Å². The summed E-state index contributed by atoms with van der Waals surface area (Å²) in [6.07, 6.45) is 2.32. The van der Waals surface area contributed by atoms with E-state index in [1.165, 1.54) is 6.20 Å². The largest absolute Gasteiger partial charge is 0.491 e. The highest BCUT2D eigenvalue weighted by Crippen LogP contribution is 2.25. The van der Waals surface area contributed by atoms with Gasteiger partial charge in [0.05, 0.1) is 18.5 Å². The van der Waals surface area contributed by atoms with Gasteiger partial charge in [-0.25, -0.2) is 0 Å². The zero-order valence-electron chi connectivity index (χ0n) is 7.43. The molecule has 2 heterocycles. The van der Waals surface area contributed by atoms with Crippen molar-refractivity contribution in [1.29, 1.82) is 0 Å². The van der Waals surface area contributed by atoms with Gasteiger partial charge in [-0.3, -0.25) is 9.78 Å². The molecule has 1 aromatic rings. The van der Waals surface area contributed by atoms with Crippen molar-refractivity contribution in [3.8, 4) is 5.75 Å². The van der Waals surface area contributed by atoms with Crippen LogP contribution in [-0.4, -0.2) is 22.7 Å². The molecule has 0 saturated heterocycles. The standard InChI is InChI=1S/C9H10N2O3/c10-8(9(12)13)6-3-5-1-2-14-7(5)4-11-6/h3-4,8H,1-2,10H2,(H,12,13). The number of aromatic nitrogens is 1. The van der Waals surface area contributed by atoms with Crippen LogP contribution in [0, 0.1) is 0 Å². The van der Waals surface area contributed by atoms with Gasteiger partial charge in [-0.1, -0.05) is 0 Å². The minimum absolute atomic E-state index is 0.377. The van der Waals surface area contributed by atoms with Crippen molar-refractivity contribution in [2.24, 2.45) is 5.73 Å². The van der Waals surface area contributed by atoms with Crippen LogP contribution in [0.5, 0.6) is 5.75 Å². The summed E-state index contributed by atoms with van der Waals surface area (Å²) < 4.78 is 5.24. The van der Waals surface area contributed by atoms with E-state index in [0.29, 0.717) is 12.3 Å². The lowest BCUT2D eigenvalue weighted by Gasteiger charge is -2.06. The van der Waals surface area contributed by atoms with E-state index in [2.05, 4.69) is 4.98 Å². The summed E-state index contributed by atoms with van der Waals surface area (Å²) in [4.78, 5) is 14.5. The maximum absolute atomic E-state index is 10.6. The third kappa shape index (κ3) is 1.42. The second-order valence-corrected chi connectivity index (χ2v) is 3.13. The topological polar surface area (TPSA) is 85.4 Å². The Morgan fingerprint density at radius 3 is 3.21 bits per heavy atom. The summed E-state index contributed by atoms with van der Waals surface area (Å²) in [6, 6.07) is 0.641. The summed E-state index contributed by atoms with van der Waals surface area (Å²) >= 11 is 0. The first kappa shape index (κ1) is 8.96. The minimum atomic E-state index is -1.07. The Balaban J connectivity index is 2.33. The van der Waals surface area contributed by atoms with Gasteiger partial charge in [-0.15, -0.1) is 0 Å². The molecular weight excluding hydrogens is 184 g/mol. The van der Waals surface area contributed by atoms with Gasteiger partial charge in [-0.2, -0.15) is 0 Å². The van der Waals surface area contributed by atoms with E-state index in [1.54, 1.807) is 6.07 Å². The maximum Gasteiger partial charge on any atom is 0.326 e. The molecule has 3 N–H and O–H groups in total. The molecule has 74 valence electrons. The fourth-order valence-electron chi connectivity index (χ4n) is 1.40. The van der Waals surface area contributed by atoms with E-state index in [0.717, 1.165) is 17.7 Å². The van der Waals surface area contributed by atoms with Crippen molar-refractivity contribution in [1.82, 2.24) is 4.98 Å². The smallest absolute Gasteiger partial charge is 0.326 e. The Morgan fingerprint density at radius 1 is 1.71 bits per heavy atom. The van der Waals surface area contributed by atoms with Crippen molar-refractivity contribution in [3.05, 3.63) is 23.5 Å². The number of carboxylic acid groups (broad SMARTS) is 1. The number of fused-ring (bicyclic) bond motifs is 1. The number of hydrogen-bond acceptors (Lipinski definition) is 4. The molecule has 0 spiro atoms. The second-order valence-electron chi connectivity index (χ2n) is 3.13. The van der Waals surface area contributed by atoms with E-state index in [-0.39, 0.29) is 0 Å². The van der Waals surface area contributed by atoms with Crippen LogP contribution in [0.15, 0.2) is 12.3 Å². The van der Waals surface area contributed by atoms with Crippen LogP contribution in [0.25, 0.3) is 0 Å². The number of carboxylic acids is 1. The Bertz CT molecular complexity index is 378. The quantitative estimate of drug-likeness (QED) is 0.697. The normalized spacial score (nSPS) is 15.8. The van der Waals surface area contributed by atoms with Crippen LogP contribution in [0.2, 0.25) is 0 Å². The molecule has 0 radical (unpaired) electrons. The number of pyridine rings is 1. The van der Waals surface area contributed by atoms with Crippen molar-refractivity contribution < 1.29 is 14.6 Å². The molecule has 1 unspecified atom stereocenters. The number of nitrogens with two attached hydrogens (primary N) is 1. The van der Waals surface area contributed by atoms with Crippen LogP contribution in [0.4, 0.5) is 0 Å². The molecule has 0 bridgehead atoms. The lowest BCUT2D eigenvalue weighted by atomic mass is 10.1. The van der Waals surface area contributed by atoms with Gasteiger partial charge in [0.15, 0.2) is 0 Å². The predicted molar refractivity (Wildman–Crippen MR) is 48.0 cm³/mol. The molecule has 14 heavy (non-hydrogen) atoms. The third-order valence-corrected chi connectivity index (χ3v) is 2.18. The highest BCUT2D eigenvalue weighted by atomic mass is 16.5. The molecule has 5 heteroatoms. The molecule has 0 fully saturated rings. The average molecular weight is 194 g/mol. The summed E-state index contributed by atoms with van der Waals surface area (Å²) in [5.41, 5.74) is 6.78. The van der Waals surface area contributed by atoms with E-state index < -0.39 is 12.0 Å². The molecule has 5 nitrogen and oxygen atoms in total. The van der Waals surface area contributed by atoms with Gasteiger partial charge in [-0.05, 0) is 6.07 Å². The second kappa shape index (κ2) is 3.26. The van der Waals surface area contributed by atoms with Crippen LogP contribution in [-0.2, 0) is 11.2 Å². The maximum atomic E-state index is 10.6. The van der Waals surface area contributed by atoms with Crippen LogP contribution in [0.1, 0.15) is 17.3 Å². The Morgan fingerprint density at radius 2 is 2.50 bits per heavy atom. The van der Waals surface area contributed by atoms with Crippen molar-refractivity contribution >= 4 is 5.97 Å². The Labute approximate surface area is 80.5 Å². The number of aliphatic carboxylic acids is 1. The molecule has 1 aromatic heterocycles. The van der Waals surface area contributed by atoms with Crippen LogP contribution in [0.3, 0.4) is 0 Å². The molecule has 1 aliphatic heterocycles. The number of rotatable bonds is 2. The molecule has 0 saturated carbocycles. The Kier molecular flexibility index (Phi) is 2.09. The van der Waals surface area contributed by atoms with Crippen molar-refractivity contribution in [2.75, 3.05) is 6.61 Å². The molecular formula is C9H10N2O3. The predicted octanol–water partition coefficient (Wildman–Crippen LogP) is 0.101. The number of hydrogen-bond donors (Lipinski definition) is 2. The fourth-order valence-corrected chi connectivity index (χ4v) is 1.40. The van der Waals surface area contributed by atoms with Crippen LogP contribution < -0.4 is 10.5 Å². The molecule has 1 aliphatic rings. The lowest BCUT2D eigenvalue weighted by Crippen LogP contribution is -2.21. The van der Waals surface area contributed by atoms with Gasteiger partial charge < -0.3 is 15.6 Å². The zero-order valence-corrected chi connectivity index (χ0v) is 7.43. The van der Waals surface area contributed by atoms with Crippen molar-refractivity contribution in [2.45, 2.75) is 12.5 Å². The zero-order chi connectivity index (χ0) is 10.1. The first-order valence-electron chi connectivity index (χ1n) is 4.28. The monoisotopic (exact) mass is 194 g/mol. The molecule has 0 aromatic carbocycles. The average Bonchev–Trinajstić information content (AvgIpc) is 2.62. The lowest BCUT2D eigenvalue weighted by molar-refractivity contribution is -0.138. The number of carbonyl (C=O) groups is 1. The Hall–Kier alpha value is -1.62. The SMILES string of the molecule is NC(C(=O)O)c1cc2c(cn1)OCC2. The van der Waals surface area contributed by atoms with Crippen molar-refractivity contribution in [3.63, 3.8) is 0 Å². The number of ether oxygens (including phenoxy) is 1. The van der Waals surface area contributed by atoms with Gasteiger partial charge in [0.25, 0.3) is 0 Å².